The van der Waals surface area contributed by atoms with Crippen molar-refractivity contribution in [1.82, 2.24) is 15.5 Å². The second-order valence-electron chi connectivity index (χ2n) is 3.91. The fourth-order valence-electron chi connectivity index (χ4n) is 1.42. The van der Waals surface area contributed by atoms with E-state index in [0.29, 0.717) is 6.04 Å². The van der Waals surface area contributed by atoms with Gasteiger partial charge in [0, 0.05) is 18.2 Å². The molecule has 5 heteroatoms. The third kappa shape index (κ3) is 2.64. The van der Waals surface area contributed by atoms with Crippen LogP contribution in [0.5, 0.6) is 0 Å². The van der Waals surface area contributed by atoms with Crippen LogP contribution in [0.4, 0.5) is 0 Å². The standard InChI is InChI=1S/C11H14ClN3S/c1-7(2)13-5-8-6-14-15-11(8)9-3-4-10(12)16-9/h3-4,6-7,13H,5H2,1-2H3,(H,14,15). The van der Waals surface area contributed by atoms with Gasteiger partial charge in [-0.2, -0.15) is 5.10 Å². The first-order chi connectivity index (χ1) is 7.66. The molecule has 2 N–H and O–H groups in total. The Bertz CT molecular complexity index is 461. The lowest BCUT2D eigenvalue weighted by Crippen LogP contribution is -2.21. The van der Waals surface area contributed by atoms with Crippen molar-refractivity contribution < 1.29 is 0 Å². The SMILES string of the molecule is CC(C)NCc1cn[nH]c1-c1ccc(Cl)s1. The van der Waals surface area contributed by atoms with Gasteiger partial charge in [0.1, 0.15) is 0 Å². The third-order valence-corrected chi connectivity index (χ3v) is 3.49. The number of hydrogen-bond acceptors (Lipinski definition) is 3. The van der Waals surface area contributed by atoms with Gasteiger partial charge < -0.3 is 5.32 Å². The van der Waals surface area contributed by atoms with Crippen LogP contribution in [0.3, 0.4) is 0 Å². The molecule has 0 saturated carbocycles. The molecule has 0 amide bonds. The zero-order chi connectivity index (χ0) is 11.5. The molecule has 2 aromatic heterocycles. The first kappa shape index (κ1) is 11.6. The summed E-state index contributed by atoms with van der Waals surface area (Å²) in [6.45, 7) is 5.07. The molecular weight excluding hydrogens is 242 g/mol. The topological polar surface area (TPSA) is 40.7 Å². The predicted octanol–water partition coefficient (Wildman–Crippen LogP) is 3.29. The van der Waals surface area contributed by atoms with Crippen LogP contribution in [0.1, 0.15) is 19.4 Å². The van der Waals surface area contributed by atoms with Crippen molar-refractivity contribution in [2.45, 2.75) is 26.4 Å². The van der Waals surface area contributed by atoms with Crippen molar-refractivity contribution in [3.63, 3.8) is 0 Å². The van der Waals surface area contributed by atoms with E-state index in [4.69, 9.17) is 11.6 Å². The summed E-state index contributed by atoms with van der Waals surface area (Å²) >= 11 is 7.49. The van der Waals surface area contributed by atoms with E-state index in [2.05, 4.69) is 29.4 Å². The summed E-state index contributed by atoms with van der Waals surface area (Å²) in [4.78, 5) is 1.13. The molecule has 2 heterocycles. The van der Waals surface area contributed by atoms with Crippen LogP contribution in [-0.4, -0.2) is 16.2 Å². The lowest BCUT2D eigenvalue weighted by atomic mass is 10.2. The van der Waals surface area contributed by atoms with Crippen LogP contribution >= 0.6 is 22.9 Å². The van der Waals surface area contributed by atoms with Gasteiger partial charge in [0.05, 0.1) is 21.1 Å². The molecule has 0 saturated heterocycles. The maximum absolute atomic E-state index is 5.93. The predicted molar refractivity (Wildman–Crippen MR) is 68.9 cm³/mol. The minimum absolute atomic E-state index is 0.467. The average Bonchev–Trinajstić information content (AvgIpc) is 2.82. The van der Waals surface area contributed by atoms with Crippen LogP contribution < -0.4 is 5.32 Å². The van der Waals surface area contributed by atoms with Crippen LogP contribution in [-0.2, 0) is 6.54 Å². The molecule has 3 nitrogen and oxygen atoms in total. The van der Waals surface area contributed by atoms with Crippen molar-refractivity contribution in [3.05, 3.63) is 28.2 Å². The number of nitrogens with one attached hydrogen (secondary N) is 2. The molecule has 0 aliphatic carbocycles. The van der Waals surface area contributed by atoms with Crippen molar-refractivity contribution in [1.29, 1.82) is 0 Å². The molecule has 0 aromatic carbocycles. The first-order valence-electron chi connectivity index (χ1n) is 5.18. The van der Waals surface area contributed by atoms with E-state index in [9.17, 15) is 0 Å². The Morgan fingerprint density at radius 1 is 1.50 bits per heavy atom. The average molecular weight is 256 g/mol. The smallest absolute Gasteiger partial charge is 0.0935 e. The molecule has 0 unspecified atom stereocenters. The van der Waals surface area contributed by atoms with Gasteiger partial charge >= 0.3 is 0 Å². The van der Waals surface area contributed by atoms with Crippen molar-refractivity contribution in [2.24, 2.45) is 0 Å². The van der Waals surface area contributed by atoms with E-state index in [-0.39, 0.29) is 0 Å². The van der Waals surface area contributed by atoms with E-state index in [1.165, 1.54) is 5.56 Å². The highest BCUT2D eigenvalue weighted by atomic mass is 35.5. The van der Waals surface area contributed by atoms with Gasteiger partial charge in [-0.05, 0) is 12.1 Å². The second-order valence-corrected chi connectivity index (χ2v) is 5.62. The van der Waals surface area contributed by atoms with E-state index in [1.807, 2.05) is 18.3 Å². The number of nitrogens with zero attached hydrogens (tertiary/aromatic N) is 1. The van der Waals surface area contributed by atoms with Crippen LogP contribution in [0.15, 0.2) is 18.3 Å². The number of H-pyrrole nitrogens is 1. The summed E-state index contributed by atoms with van der Waals surface area (Å²) in [7, 11) is 0. The van der Waals surface area contributed by atoms with Gasteiger partial charge in [-0.25, -0.2) is 0 Å². The largest absolute Gasteiger partial charge is 0.310 e. The number of thiophene rings is 1. The van der Waals surface area contributed by atoms with Crippen LogP contribution in [0.2, 0.25) is 4.34 Å². The van der Waals surface area contributed by atoms with Crippen molar-refractivity contribution >= 4 is 22.9 Å². The molecule has 2 rings (SSSR count). The molecule has 0 spiro atoms. The molecule has 0 radical (unpaired) electrons. The lowest BCUT2D eigenvalue weighted by molar-refractivity contribution is 0.589. The Morgan fingerprint density at radius 3 is 2.94 bits per heavy atom. The Balaban J connectivity index is 2.19. The third-order valence-electron chi connectivity index (χ3n) is 2.24. The van der Waals surface area contributed by atoms with Gasteiger partial charge in [0.25, 0.3) is 0 Å². The van der Waals surface area contributed by atoms with Gasteiger partial charge in [-0.15, -0.1) is 11.3 Å². The number of halogens is 1. The minimum Gasteiger partial charge on any atom is -0.310 e. The molecule has 0 atom stereocenters. The highest BCUT2D eigenvalue weighted by molar-refractivity contribution is 7.19. The summed E-state index contributed by atoms with van der Waals surface area (Å²) in [6.07, 6.45) is 1.86. The lowest BCUT2D eigenvalue weighted by Gasteiger charge is -2.07. The zero-order valence-electron chi connectivity index (χ0n) is 9.25. The number of rotatable bonds is 4. The minimum atomic E-state index is 0.467. The summed E-state index contributed by atoms with van der Waals surface area (Å²) in [6, 6.07) is 4.39. The Hall–Kier alpha value is -0.840. The molecule has 0 fully saturated rings. The quantitative estimate of drug-likeness (QED) is 0.880. The van der Waals surface area contributed by atoms with Crippen molar-refractivity contribution in [3.8, 4) is 10.6 Å². The fraction of sp³-hybridized carbons (Fsp3) is 0.364. The summed E-state index contributed by atoms with van der Waals surface area (Å²) < 4.78 is 0.798. The fourth-order valence-corrected chi connectivity index (χ4v) is 2.49. The summed E-state index contributed by atoms with van der Waals surface area (Å²) in [5.74, 6) is 0. The highest BCUT2D eigenvalue weighted by Gasteiger charge is 2.09. The molecule has 0 aliphatic rings. The van der Waals surface area contributed by atoms with Crippen LogP contribution in [0, 0.1) is 0 Å². The second kappa shape index (κ2) is 4.99. The Labute approximate surface area is 104 Å². The molecule has 16 heavy (non-hydrogen) atoms. The van der Waals surface area contributed by atoms with E-state index in [0.717, 1.165) is 21.5 Å². The monoisotopic (exact) mass is 255 g/mol. The normalized spacial score (nSPS) is 11.2. The molecule has 0 aliphatic heterocycles. The van der Waals surface area contributed by atoms with Crippen molar-refractivity contribution in [2.75, 3.05) is 0 Å². The summed E-state index contributed by atoms with van der Waals surface area (Å²) in [5, 5.41) is 10.5. The van der Waals surface area contributed by atoms with Gasteiger partial charge in [0.2, 0.25) is 0 Å². The highest BCUT2D eigenvalue weighted by Crippen LogP contribution is 2.31. The first-order valence-corrected chi connectivity index (χ1v) is 6.37. The van der Waals surface area contributed by atoms with Gasteiger partial charge in [0.15, 0.2) is 0 Å². The molecular formula is C11H14ClN3S. The molecule has 86 valence electrons. The maximum Gasteiger partial charge on any atom is 0.0935 e. The Kier molecular flexibility index (Phi) is 3.63. The number of aromatic amines is 1. The zero-order valence-corrected chi connectivity index (χ0v) is 10.8. The molecule has 0 bridgehead atoms. The number of hydrogen-bond donors (Lipinski definition) is 2. The molecule has 2 aromatic rings. The van der Waals surface area contributed by atoms with E-state index in [1.54, 1.807) is 11.3 Å². The Morgan fingerprint density at radius 2 is 2.31 bits per heavy atom. The van der Waals surface area contributed by atoms with Crippen LogP contribution in [0.25, 0.3) is 10.6 Å². The summed E-state index contributed by atoms with van der Waals surface area (Å²) in [5.41, 5.74) is 2.23. The van der Waals surface area contributed by atoms with E-state index >= 15 is 0 Å². The van der Waals surface area contributed by atoms with E-state index < -0.39 is 0 Å². The number of aromatic nitrogens is 2. The van der Waals surface area contributed by atoms with Gasteiger partial charge in [-0.1, -0.05) is 25.4 Å². The maximum atomic E-state index is 5.93. The van der Waals surface area contributed by atoms with Gasteiger partial charge in [-0.3, -0.25) is 5.10 Å².